The lowest BCUT2D eigenvalue weighted by molar-refractivity contribution is -0.126. The van der Waals surface area contributed by atoms with Crippen molar-refractivity contribution in [2.45, 2.75) is 19.1 Å². The highest BCUT2D eigenvalue weighted by Crippen LogP contribution is 2.04. The highest BCUT2D eigenvalue weighted by Gasteiger charge is 2.28. The van der Waals surface area contributed by atoms with Crippen molar-refractivity contribution in [2.75, 3.05) is 33.4 Å². The van der Waals surface area contributed by atoms with Crippen molar-refractivity contribution in [2.24, 2.45) is 0 Å². The summed E-state index contributed by atoms with van der Waals surface area (Å²) in [4.78, 5) is 11.2. The first-order valence-corrected chi connectivity index (χ1v) is 4.88. The molecule has 1 rings (SSSR count). The van der Waals surface area contributed by atoms with Gasteiger partial charge < -0.3 is 20.1 Å². The maximum Gasteiger partial charge on any atom is 0.246 e. The molecule has 1 amide bonds. The molecule has 0 aromatic rings. The quantitative estimate of drug-likeness (QED) is 0.608. The Kier molecular flexibility index (Phi) is 4.86. The lowest BCUT2D eigenvalue weighted by Gasteiger charge is -2.19. The molecular weight excluding hydrogens is 184 g/mol. The third-order valence-corrected chi connectivity index (χ3v) is 2.16. The maximum atomic E-state index is 11.2. The van der Waals surface area contributed by atoms with Crippen molar-refractivity contribution in [3.05, 3.63) is 0 Å². The standard InChI is InChI=1S/C9H18N2O3/c1-3-14-8-5-10-4-7(8)11-9(12)6-13-2/h7-8,10H,3-6H2,1-2H3,(H,11,12)/t7-,8+/m1/s1. The zero-order chi connectivity index (χ0) is 10.4. The van der Waals surface area contributed by atoms with Crippen molar-refractivity contribution >= 4 is 5.91 Å². The van der Waals surface area contributed by atoms with Gasteiger partial charge in [0.1, 0.15) is 6.61 Å². The van der Waals surface area contributed by atoms with Crippen LogP contribution in [0.25, 0.3) is 0 Å². The molecule has 1 saturated heterocycles. The number of carbonyl (C=O) groups excluding carboxylic acids is 1. The molecule has 0 aromatic heterocycles. The Bertz CT molecular complexity index is 187. The molecule has 1 aliphatic rings. The van der Waals surface area contributed by atoms with E-state index in [9.17, 15) is 4.79 Å². The third kappa shape index (κ3) is 3.25. The van der Waals surface area contributed by atoms with E-state index in [0.717, 1.165) is 13.1 Å². The Labute approximate surface area is 84.1 Å². The summed E-state index contributed by atoms with van der Waals surface area (Å²) >= 11 is 0. The Hall–Kier alpha value is -0.650. The summed E-state index contributed by atoms with van der Waals surface area (Å²) < 4.78 is 10.2. The number of hydrogen-bond donors (Lipinski definition) is 2. The highest BCUT2D eigenvalue weighted by atomic mass is 16.5. The fourth-order valence-electron chi connectivity index (χ4n) is 1.57. The van der Waals surface area contributed by atoms with Crippen LogP contribution in [0.5, 0.6) is 0 Å². The molecule has 0 saturated carbocycles. The van der Waals surface area contributed by atoms with Crippen molar-refractivity contribution in [3.8, 4) is 0 Å². The van der Waals surface area contributed by atoms with Gasteiger partial charge in [0.25, 0.3) is 0 Å². The monoisotopic (exact) mass is 202 g/mol. The maximum absolute atomic E-state index is 11.2. The van der Waals surface area contributed by atoms with Crippen LogP contribution in [-0.2, 0) is 14.3 Å². The minimum absolute atomic E-state index is 0.0672. The molecule has 0 aliphatic carbocycles. The number of methoxy groups -OCH3 is 1. The summed E-state index contributed by atoms with van der Waals surface area (Å²) in [7, 11) is 1.51. The zero-order valence-corrected chi connectivity index (χ0v) is 8.71. The fourth-order valence-corrected chi connectivity index (χ4v) is 1.57. The summed E-state index contributed by atoms with van der Waals surface area (Å²) in [5, 5.41) is 6.04. The van der Waals surface area contributed by atoms with E-state index in [1.165, 1.54) is 7.11 Å². The SMILES string of the molecule is CCO[C@H]1CNC[C@H]1NC(=O)COC. The molecule has 14 heavy (non-hydrogen) atoms. The minimum atomic E-state index is -0.0918. The van der Waals surface area contributed by atoms with Gasteiger partial charge >= 0.3 is 0 Å². The lowest BCUT2D eigenvalue weighted by atomic mass is 10.2. The first kappa shape index (κ1) is 11.4. The number of hydrogen-bond acceptors (Lipinski definition) is 4. The number of amides is 1. The first-order valence-electron chi connectivity index (χ1n) is 4.88. The Morgan fingerprint density at radius 1 is 1.57 bits per heavy atom. The van der Waals surface area contributed by atoms with Gasteiger partial charge in [-0.1, -0.05) is 0 Å². The molecule has 1 aliphatic heterocycles. The van der Waals surface area contributed by atoms with E-state index in [4.69, 9.17) is 9.47 Å². The molecule has 5 nitrogen and oxygen atoms in total. The van der Waals surface area contributed by atoms with Gasteiger partial charge in [-0.15, -0.1) is 0 Å². The molecule has 0 unspecified atom stereocenters. The van der Waals surface area contributed by atoms with E-state index in [1.807, 2.05) is 6.92 Å². The molecule has 0 spiro atoms. The predicted octanol–water partition coefficient (Wildman–Crippen LogP) is -0.874. The molecule has 0 bridgehead atoms. The van der Waals surface area contributed by atoms with Gasteiger partial charge in [0.05, 0.1) is 12.1 Å². The van der Waals surface area contributed by atoms with E-state index in [1.54, 1.807) is 0 Å². The molecule has 0 radical (unpaired) electrons. The molecular formula is C9H18N2O3. The molecule has 82 valence electrons. The van der Waals surface area contributed by atoms with Gasteiger partial charge in [-0.3, -0.25) is 4.79 Å². The normalized spacial score (nSPS) is 26.4. The van der Waals surface area contributed by atoms with Gasteiger partial charge in [-0.2, -0.15) is 0 Å². The van der Waals surface area contributed by atoms with Crippen molar-refractivity contribution in [1.29, 1.82) is 0 Å². The smallest absolute Gasteiger partial charge is 0.246 e. The van der Waals surface area contributed by atoms with Crippen molar-refractivity contribution < 1.29 is 14.3 Å². The third-order valence-electron chi connectivity index (χ3n) is 2.16. The second-order valence-electron chi connectivity index (χ2n) is 3.26. The van der Waals surface area contributed by atoms with Crippen LogP contribution in [0, 0.1) is 0 Å². The largest absolute Gasteiger partial charge is 0.375 e. The van der Waals surface area contributed by atoms with E-state index in [-0.39, 0.29) is 24.7 Å². The Morgan fingerprint density at radius 2 is 2.36 bits per heavy atom. The van der Waals surface area contributed by atoms with Gasteiger partial charge in [0.2, 0.25) is 5.91 Å². The van der Waals surface area contributed by atoms with E-state index in [2.05, 4.69) is 10.6 Å². The minimum Gasteiger partial charge on any atom is -0.375 e. The van der Waals surface area contributed by atoms with Crippen molar-refractivity contribution in [3.63, 3.8) is 0 Å². The number of nitrogens with one attached hydrogen (secondary N) is 2. The van der Waals surface area contributed by atoms with Crippen molar-refractivity contribution in [1.82, 2.24) is 10.6 Å². The van der Waals surface area contributed by atoms with Crippen LogP contribution in [0.4, 0.5) is 0 Å². The molecule has 5 heteroatoms. The average Bonchev–Trinajstić information content (AvgIpc) is 2.54. The van der Waals surface area contributed by atoms with Gasteiger partial charge in [-0.05, 0) is 6.92 Å². The second-order valence-corrected chi connectivity index (χ2v) is 3.26. The molecule has 0 aromatic carbocycles. The average molecular weight is 202 g/mol. The topological polar surface area (TPSA) is 59.6 Å². The molecule has 2 atom stereocenters. The summed E-state index contributed by atoms with van der Waals surface area (Å²) in [6, 6.07) is 0.0672. The van der Waals surface area contributed by atoms with Crippen LogP contribution in [0.3, 0.4) is 0 Å². The summed E-state index contributed by atoms with van der Waals surface area (Å²) in [5.74, 6) is -0.0918. The van der Waals surface area contributed by atoms with Crippen LogP contribution in [0.2, 0.25) is 0 Å². The second kappa shape index (κ2) is 5.95. The van der Waals surface area contributed by atoms with Gasteiger partial charge in [0.15, 0.2) is 0 Å². The fraction of sp³-hybridized carbons (Fsp3) is 0.889. The van der Waals surface area contributed by atoms with Crippen LogP contribution < -0.4 is 10.6 Å². The van der Waals surface area contributed by atoms with Crippen LogP contribution in [0.1, 0.15) is 6.92 Å². The highest BCUT2D eigenvalue weighted by molar-refractivity contribution is 5.77. The van der Waals surface area contributed by atoms with Gasteiger partial charge in [0, 0.05) is 26.8 Å². The predicted molar refractivity (Wildman–Crippen MR) is 52.1 cm³/mol. The zero-order valence-electron chi connectivity index (χ0n) is 8.71. The first-order chi connectivity index (χ1) is 6.77. The summed E-state index contributed by atoms with van der Waals surface area (Å²) in [6.45, 7) is 4.29. The lowest BCUT2D eigenvalue weighted by Crippen LogP contribution is -2.45. The molecule has 1 heterocycles. The summed E-state index contributed by atoms with van der Waals surface area (Å²) in [5.41, 5.74) is 0. The summed E-state index contributed by atoms with van der Waals surface area (Å²) in [6.07, 6.45) is 0.0841. The Balaban J connectivity index is 2.31. The van der Waals surface area contributed by atoms with E-state index in [0.29, 0.717) is 6.61 Å². The number of rotatable bonds is 5. The number of carbonyl (C=O) groups is 1. The Morgan fingerprint density at radius 3 is 3.00 bits per heavy atom. The van der Waals surface area contributed by atoms with Crippen LogP contribution in [-0.4, -0.2) is 51.5 Å². The van der Waals surface area contributed by atoms with E-state index < -0.39 is 0 Å². The van der Waals surface area contributed by atoms with Crippen LogP contribution in [0.15, 0.2) is 0 Å². The number of ether oxygens (including phenoxy) is 2. The molecule has 2 N–H and O–H groups in total. The van der Waals surface area contributed by atoms with Crippen LogP contribution >= 0.6 is 0 Å². The van der Waals surface area contributed by atoms with E-state index >= 15 is 0 Å². The van der Waals surface area contributed by atoms with Gasteiger partial charge in [-0.25, -0.2) is 0 Å². The molecule has 1 fully saturated rings.